The summed E-state index contributed by atoms with van der Waals surface area (Å²) in [4.78, 5) is 2.54. The SMILES string of the molecule is CCCCN(Cc1cc(CNC(C)C)c(C)o1)C(C)CC. The van der Waals surface area contributed by atoms with E-state index in [1.165, 1.54) is 24.8 Å². The molecule has 0 aliphatic rings. The molecule has 1 aromatic heterocycles. The lowest BCUT2D eigenvalue weighted by atomic mass is 10.2. The summed E-state index contributed by atoms with van der Waals surface area (Å²) in [5.74, 6) is 2.15. The number of aryl methyl sites for hydroxylation is 1. The Morgan fingerprint density at radius 2 is 1.95 bits per heavy atom. The topological polar surface area (TPSA) is 28.4 Å². The number of unbranched alkanes of at least 4 members (excludes halogenated alkanes) is 1. The summed E-state index contributed by atoms with van der Waals surface area (Å²) in [6.45, 7) is 16.2. The third-order valence-electron chi connectivity index (χ3n) is 4.14. The molecule has 0 aliphatic carbocycles. The standard InChI is InChI=1S/C18H34N2O/c1-7-9-10-20(15(5)8-2)13-18-11-17(16(6)21-18)12-19-14(3)4/h11,14-15,19H,7-10,12-13H2,1-6H3. The molecule has 0 radical (unpaired) electrons. The zero-order chi connectivity index (χ0) is 15.8. The van der Waals surface area contributed by atoms with Crippen LogP contribution in [0, 0.1) is 6.92 Å². The van der Waals surface area contributed by atoms with E-state index in [1.54, 1.807) is 0 Å². The van der Waals surface area contributed by atoms with Gasteiger partial charge >= 0.3 is 0 Å². The first-order chi connectivity index (χ1) is 9.97. The molecule has 122 valence electrons. The lowest BCUT2D eigenvalue weighted by molar-refractivity contribution is 0.177. The third kappa shape index (κ3) is 6.23. The number of nitrogens with one attached hydrogen (secondary N) is 1. The molecule has 0 amide bonds. The maximum absolute atomic E-state index is 5.97. The second-order valence-electron chi connectivity index (χ2n) is 6.41. The average Bonchev–Trinajstić information content (AvgIpc) is 2.80. The summed E-state index contributed by atoms with van der Waals surface area (Å²) in [5.41, 5.74) is 1.29. The molecular weight excluding hydrogens is 260 g/mol. The van der Waals surface area contributed by atoms with Crippen LogP contribution >= 0.6 is 0 Å². The molecule has 3 nitrogen and oxygen atoms in total. The molecule has 3 heteroatoms. The van der Waals surface area contributed by atoms with E-state index in [0.717, 1.165) is 31.2 Å². The number of furan rings is 1. The molecular formula is C18H34N2O. The Kier molecular flexibility index (Phi) is 8.05. The molecule has 21 heavy (non-hydrogen) atoms. The normalized spacial score (nSPS) is 13.3. The fraction of sp³-hybridized carbons (Fsp3) is 0.778. The van der Waals surface area contributed by atoms with E-state index in [-0.39, 0.29) is 0 Å². The third-order valence-corrected chi connectivity index (χ3v) is 4.14. The smallest absolute Gasteiger partial charge is 0.118 e. The zero-order valence-electron chi connectivity index (χ0n) is 14.8. The first-order valence-electron chi connectivity index (χ1n) is 8.53. The minimum absolute atomic E-state index is 0.504. The molecule has 1 N–H and O–H groups in total. The van der Waals surface area contributed by atoms with Gasteiger partial charge < -0.3 is 9.73 Å². The van der Waals surface area contributed by atoms with Gasteiger partial charge in [0.2, 0.25) is 0 Å². The molecule has 1 heterocycles. The van der Waals surface area contributed by atoms with Crippen LogP contribution in [0.5, 0.6) is 0 Å². The van der Waals surface area contributed by atoms with E-state index in [0.29, 0.717) is 12.1 Å². The van der Waals surface area contributed by atoms with Gasteiger partial charge in [-0.15, -0.1) is 0 Å². The van der Waals surface area contributed by atoms with Crippen molar-refractivity contribution in [3.63, 3.8) is 0 Å². The average molecular weight is 294 g/mol. The van der Waals surface area contributed by atoms with Gasteiger partial charge in [0.05, 0.1) is 6.54 Å². The monoisotopic (exact) mass is 294 g/mol. The quantitative estimate of drug-likeness (QED) is 0.689. The highest BCUT2D eigenvalue weighted by Gasteiger charge is 2.15. The van der Waals surface area contributed by atoms with Crippen molar-refractivity contribution in [3.05, 3.63) is 23.2 Å². The Morgan fingerprint density at radius 1 is 1.24 bits per heavy atom. The van der Waals surface area contributed by atoms with Crippen molar-refractivity contribution in [1.82, 2.24) is 10.2 Å². The van der Waals surface area contributed by atoms with E-state index >= 15 is 0 Å². The Balaban J connectivity index is 2.68. The van der Waals surface area contributed by atoms with Crippen molar-refractivity contribution in [1.29, 1.82) is 0 Å². The predicted molar refractivity (Wildman–Crippen MR) is 90.5 cm³/mol. The molecule has 0 saturated carbocycles. The summed E-state index contributed by atoms with van der Waals surface area (Å²) in [5, 5.41) is 3.46. The fourth-order valence-electron chi connectivity index (χ4n) is 2.43. The van der Waals surface area contributed by atoms with Crippen LogP contribution in [0.4, 0.5) is 0 Å². The van der Waals surface area contributed by atoms with Crippen LogP contribution in [0.3, 0.4) is 0 Å². The highest BCUT2D eigenvalue weighted by Crippen LogP contribution is 2.18. The Bertz CT molecular complexity index is 398. The fourth-order valence-corrected chi connectivity index (χ4v) is 2.43. The Labute approximate surface area is 131 Å². The molecule has 1 unspecified atom stereocenters. The number of hydrogen-bond donors (Lipinski definition) is 1. The van der Waals surface area contributed by atoms with E-state index in [2.05, 4.69) is 57.8 Å². The van der Waals surface area contributed by atoms with Crippen LogP contribution in [-0.4, -0.2) is 23.5 Å². The molecule has 0 aromatic carbocycles. The summed E-state index contributed by atoms with van der Waals surface area (Å²) in [6, 6.07) is 3.34. The van der Waals surface area contributed by atoms with Gasteiger partial charge in [0, 0.05) is 24.2 Å². The molecule has 1 rings (SSSR count). The summed E-state index contributed by atoms with van der Waals surface area (Å²) in [6.07, 6.45) is 3.69. The van der Waals surface area contributed by atoms with Crippen molar-refractivity contribution in [2.24, 2.45) is 0 Å². The zero-order valence-corrected chi connectivity index (χ0v) is 14.8. The van der Waals surface area contributed by atoms with Gasteiger partial charge in [-0.1, -0.05) is 34.1 Å². The van der Waals surface area contributed by atoms with Crippen LogP contribution in [0.15, 0.2) is 10.5 Å². The maximum atomic E-state index is 5.97. The second-order valence-corrected chi connectivity index (χ2v) is 6.41. The first kappa shape index (κ1) is 18.2. The van der Waals surface area contributed by atoms with Crippen molar-refractivity contribution in [2.45, 2.75) is 86.0 Å². The van der Waals surface area contributed by atoms with Crippen molar-refractivity contribution >= 4 is 0 Å². The van der Waals surface area contributed by atoms with Gasteiger partial charge in [-0.2, -0.15) is 0 Å². The van der Waals surface area contributed by atoms with Crippen molar-refractivity contribution in [3.8, 4) is 0 Å². The van der Waals surface area contributed by atoms with E-state index in [1.807, 2.05) is 0 Å². The van der Waals surface area contributed by atoms with Crippen LogP contribution in [0.25, 0.3) is 0 Å². The van der Waals surface area contributed by atoms with Crippen molar-refractivity contribution in [2.75, 3.05) is 6.54 Å². The summed E-state index contributed by atoms with van der Waals surface area (Å²) >= 11 is 0. The molecule has 0 spiro atoms. The highest BCUT2D eigenvalue weighted by atomic mass is 16.3. The van der Waals surface area contributed by atoms with Crippen LogP contribution in [-0.2, 0) is 13.1 Å². The van der Waals surface area contributed by atoms with Gasteiger partial charge in [0.1, 0.15) is 11.5 Å². The largest absolute Gasteiger partial charge is 0.465 e. The molecule has 0 fully saturated rings. The van der Waals surface area contributed by atoms with Gasteiger partial charge in [-0.05, 0) is 39.3 Å². The summed E-state index contributed by atoms with van der Waals surface area (Å²) < 4.78 is 5.97. The van der Waals surface area contributed by atoms with Crippen LogP contribution in [0.2, 0.25) is 0 Å². The van der Waals surface area contributed by atoms with Crippen LogP contribution < -0.4 is 5.32 Å². The van der Waals surface area contributed by atoms with E-state index in [9.17, 15) is 0 Å². The number of hydrogen-bond acceptors (Lipinski definition) is 3. The molecule has 1 aromatic rings. The number of rotatable bonds is 10. The van der Waals surface area contributed by atoms with Gasteiger partial charge in [-0.3, -0.25) is 4.90 Å². The first-order valence-corrected chi connectivity index (χ1v) is 8.53. The van der Waals surface area contributed by atoms with E-state index < -0.39 is 0 Å². The van der Waals surface area contributed by atoms with E-state index in [4.69, 9.17) is 4.42 Å². The number of nitrogens with zero attached hydrogens (tertiary/aromatic N) is 1. The lowest BCUT2D eigenvalue weighted by Crippen LogP contribution is -2.32. The Morgan fingerprint density at radius 3 is 2.52 bits per heavy atom. The van der Waals surface area contributed by atoms with Gasteiger partial charge in [0.25, 0.3) is 0 Å². The molecule has 0 aliphatic heterocycles. The second kappa shape index (κ2) is 9.26. The minimum atomic E-state index is 0.504. The predicted octanol–water partition coefficient (Wildman–Crippen LogP) is 4.49. The molecule has 0 saturated heterocycles. The van der Waals surface area contributed by atoms with Gasteiger partial charge in [0.15, 0.2) is 0 Å². The minimum Gasteiger partial charge on any atom is -0.465 e. The molecule has 0 bridgehead atoms. The maximum Gasteiger partial charge on any atom is 0.118 e. The summed E-state index contributed by atoms with van der Waals surface area (Å²) in [7, 11) is 0. The Hall–Kier alpha value is -0.800. The molecule has 1 atom stereocenters. The van der Waals surface area contributed by atoms with Gasteiger partial charge in [-0.25, -0.2) is 0 Å². The highest BCUT2D eigenvalue weighted by molar-refractivity contribution is 5.20. The lowest BCUT2D eigenvalue weighted by Gasteiger charge is -2.27. The van der Waals surface area contributed by atoms with Crippen LogP contribution in [0.1, 0.15) is 71.0 Å². The van der Waals surface area contributed by atoms with Crippen molar-refractivity contribution < 1.29 is 4.42 Å².